The van der Waals surface area contributed by atoms with Crippen molar-refractivity contribution in [2.75, 3.05) is 26.8 Å². The lowest BCUT2D eigenvalue weighted by Gasteiger charge is -2.23. The molecule has 0 fully saturated rings. The number of unbranched alkanes of at least 4 members (excludes halogenated alkanes) is 2. The summed E-state index contributed by atoms with van der Waals surface area (Å²) in [6, 6.07) is 8.10. The monoisotopic (exact) mass is 477 g/mol. The Balaban J connectivity index is 0.00000625. The van der Waals surface area contributed by atoms with Gasteiger partial charge in [-0.2, -0.15) is 0 Å². The second-order valence-electron chi connectivity index (χ2n) is 7.00. The minimum atomic E-state index is -0.217. The first-order valence-corrected chi connectivity index (χ1v) is 9.24. The maximum Gasteiger partial charge on any atom is 0.191 e. The van der Waals surface area contributed by atoms with E-state index in [1.165, 1.54) is 0 Å². The summed E-state index contributed by atoms with van der Waals surface area (Å²) in [5.41, 5.74) is 0.875. The van der Waals surface area contributed by atoms with Crippen LogP contribution in [0.15, 0.2) is 29.3 Å². The molecule has 0 amide bonds. The Hall–Kier alpha value is -1.02. The van der Waals surface area contributed by atoms with Gasteiger partial charge in [0.15, 0.2) is 5.96 Å². The van der Waals surface area contributed by atoms with Crippen LogP contribution in [0, 0.1) is 0 Å². The highest BCUT2D eigenvalue weighted by Gasteiger charge is 2.14. The first-order chi connectivity index (χ1) is 12.0. The fourth-order valence-corrected chi connectivity index (χ4v) is 2.32. The molecule has 0 atom stereocenters. The van der Waals surface area contributed by atoms with Gasteiger partial charge in [-0.05, 0) is 53.0 Å². The van der Waals surface area contributed by atoms with E-state index in [-0.39, 0.29) is 29.6 Å². The molecule has 0 unspecified atom stereocenters. The summed E-state index contributed by atoms with van der Waals surface area (Å²) in [5, 5.41) is 6.69. The zero-order valence-electron chi connectivity index (χ0n) is 16.9. The Labute approximate surface area is 176 Å². The molecule has 0 heterocycles. The predicted molar refractivity (Wildman–Crippen MR) is 121 cm³/mol. The summed E-state index contributed by atoms with van der Waals surface area (Å²) in [6.07, 6.45) is 3.36. The molecule has 0 saturated carbocycles. The number of para-hydroxylation sites is 1. The summed E-state index contributed by atoms with van der Waals surface area (Å²) < 4.78 is 11.1. The van der Waals surface area contributed by atoms with Crippen LogP contribution in [-0.2, 0) is 11.3 Å². The van der Waals surface area contributed by atoms with Crippen molar-refractivity contribution in [1.29, 1.82) is 0 Å². The fraction of sp³-hybridized carbons (Fsp3) is 0.650. The average molecular weight is 477 g/mol. The lowest BCUT2D eigenvalue weighted by Crippen LogP contribution is -2.37. The van der Waals surface area contributed by atoms with Gasteiger partial charge < -0.3 is 20.1 Å². The van der Waals surface area contributed by atoms with E-state index in [0.717, 1.165) is 56.2 Å². The Morgan fingerprint density at radius 1 is 1.08 bits per heavy atom. The van der Waals surface area contributed by atoms with Crippen LogP contribution in [0.2, 0.25) is 0 Å². The van der Waals surface area contributed by atoms with E-state index < -0.39 is 0 Å². The number of benzene rings is 1. The molecule has 0 aromatic heterocycles. The number of nitrogens with one attached hydrogen (secondary N) is 2. The first kappa shape index (κ1) is 25.0. The van der Waals surface area contributed by atoms with Gasteiger partial charge in [-0.15, -0.1) is 24.0 Å². The molecule has 1 aromatic carbocycles. The van der Waals surface area contributed by atoms with Crippen LogP contribution >= 0.6 is 24.0 Å². The van der Waals surface area contributed by atoms with E-state index in [4.69, 9.17) is 14.5 Å². The number of ether oxygens (including phenoxy) is 2. The van der Waals surface area contributed by atoms with Crippen LogP contribution in [0.4, 0.5) is 0 Å². The highest BCUT2D eigenvalue weighted by atomic mass is 127. The molecule has 0 spiro atoms. The number of aliphatic imine (C=N–C) groups is 1. The Bertz CT molecular complexity index is 516. The van der Waals surface area contributed by atoms with Crippen LogP contribution in [0.3, 0.4) is 0 Å². The average Bonchev–Trinajstić information content (AvgIpc) is 2.55. The SMILES string of the molecule is CCNC(=NCc1ccccc1OC(C)(C)C)NCCCCCOC.I. The minimum Gasteiger partial charge on any atom is -0.488 e. The summed E-state index contributed by atoms with van der Waals surface area (Å²) in [5.74, 6) is 1.74. The zero-order valence-corrected chi connectivity index (χ0v) is 19.3. The summed E-state index contributed by atoms with van der Waals surface area (Å²) >= 11 is 0. The van der Waals surface area contributed by atoms with Gasteiger partial charge in [-0.25, -0.2) is 4.99 Å². The molecule has 6 heteroatoms. The van der Waals surface area contributed by atoms with Crippen LogP contribution in [0.1, 0.15) is 52.5 Å². The van der Waals surface area contributed by atoms with Crippen molar-refractivity contribution in [3.05, 3.63) is 29.8 Å². The lowest BCUT2D eigenvalue weighted by molar-refractivity contribution is 0.129. The maximum atomic E-state index is 6.04. The highest BCUT2D eigenvalue weighted by Crippen LogP contribution is 2.23. The number of hydrogen-bond acceptors (Lipinski definition) is 3. The standard InChI is InChI=1S/C20H35N3O2.HI/c1-6-21-19(22-14-10-7-11-15-24-5)23-16-17-12-8-9-13-18(17)25-20(2,3)4;/h8-9,12-13H,6-7,10-11,14-16H2,1-5H3,(H2,21,22,23);1H. The molecular weight excluding hydrogens is 441 g/mol. The summed E-state index contributed by atoms with van der Waals surface area (Å²) in [4.78, 5) is 4.70. The number of guanidine groups is 1. The van der Waals surface area contributed by atoms with Crippen LogP contribution in [0.5, 0.6) is 5.75 Å². The molecule has 5 nitrogen and oxygen atoms in total. The zero-order chi connectivity index (χ0) is 18.5. The van der Waals surface area contributed by atoms with Crippen LogP contribution < -0.4 is 15.4 Å². The van der Waals surface area contributed by atoms with Gasteiger partial charge in [0.1, 0.15) is 11.4 Å². The maximum absolute atomic E-state index is 6.04. The molecule has 1 aromatic rings. The number of halogens is 1. The van der Waals surface area contributed by atoms with Crippen molar-refractivity contribution in [2.24, 2.45) is 4.99 Å². The molecule has 150 valence electrons. The van der Waals surface area contributed by atoms with Gasteiger partial charge in [0.2, 0.25) is 0 Å². The number of methoxy groups -OCH3 is 1. The van der Waals surface area contributed by atoms with Gasteiger partial charge >= 0.3 is 0 Å². The fourth-order valence-electron chi connectivity index (χ4n) is 2.32. The molecule has 26 heavy (non-hydrogen) atoms. The van der Waals surface area contributed by atoms with E-state index in [9.17, 15) is 0 Å². The number of rotatable bonds is 10. The van der Waals surface area contributed by atoms with E-state index >= 15 is 0 Å². The third-order valence-electron chi connectivity index (χ3n) is 3.46. The molecule has 0 aliphatic heterocycles. The van der Waals surface area contributed by atoms with Crippen molar-refractivity contribution >= 4 is 29.9 Å². The van der Waals surface area contributed by atoms with Crippen molar-refractivity contribution in [1.82, 2.24) is 10.6 Å². The first-order valence-electron chi connectivity index (χ1n) is 9.24. The van der Waals surface area contributed by atoms with Crippen molar-refractivity contribution in [3.63, 3.8) is 0 Å². The summed E-state index contributed by atoms with van der Waals surface area (Å²) in [7, 11) is 1.75. The predicted octanol–water partition coefficient (Wildman–Crippen LogP) is 4.35. The third-order valence-corrected chi connectivity index (χ3v) is 3.46. The van der Waals surface area contributed by atoms with Gasteiger partial charge in [0.25, 0.3) is 0 Å². The molecule has 0 bridgehead atoms. The van der Waals surface area contributed by atoms with E-state index in [1.54, 1.807) is 7.11 Å². The molecule has 0 aliphatic carbocycles. The van der Waals surface area contributed by atoms with Crippen molar-refractivity contribution in [2.45, 2.75) is 59.1 Å². The summed E-state index contributed by atoms with van der Waals surface area (Å²) in [6.45, 7) is 11.4. The quantitative estimate of drug-likeness (QED) is 0.228. The second kappa shape index (κ2) is 14.1. The Morgan fingerprint density at radius 2 is 1.81 bits per heavy atom. The topological polar surface area (TPSA) is 54.9 Å². The Kier molecular flexibility index (Phi) is 13.5. The molecule has 0 aliphatic rings. The van der Waals surface area contributed by atoms with E-state index in [1.807, 2.05) is 18.2 Å². The largest absolute Gasteiger partial charge is 0.488 e. The molecule has 2 N–H and O–H groups in total. The van der Waals surface area contributed by atoms with Crippen molar-refractivity contribution in [3.8, 4) is 5.75 Å². The van der Waals surface area contributed by atoms with E-state index in [2.05, 4.69) is 44.4 Å². The second-order valence-corrected chi connectivity index (χ2v) is 7.00. The van der Waals surface area contributed by atoms with E-state index in [0.29, 0.717) is 6.54 Å². The number of hydrogen-bond donors (Lipinski definition) is 2. The molecular formula is C20H36IN3O2. The van der Waals surface area contributed by atoms with Gasteiger partial charge in [-0.1, -0.05) is 18.2 Å². The minimum absolute atomic E-state index is 0. The Morgan fingerprint density at radius 3 is 2.46 bits per heavy atom. The van der Waals surface area contributed by atoms with Gasteiger partial charge in [0, 0.05) is 32.4 Å². The molecule has 0 radical (unpaired) electrons. The lowest BCUT2D eigenvalue weighted by atomic mass is 10.1. The van der Waals surface area contributed by atoms with Gasteiger partial charge in [0.05, 0.1) is 6.54 Å². The molecule has 1 rings (SSSR count). The molecule has 0 saturated heterocycles. The normalized spacial score (nSPS) is 11.7. The third kappa shape index (κ3) is 11.6. The highest BCUT2D eigenvalue weighted by molar-refractivity contribution is 14.0. The van der Waals surface area contributed by atoms with Crippen LogP contribution in [0.25, 0.3) is 0 Å². The van der Waals surface area contributed by atoms with Gasteiger partial charge in [-0.3, -0.25) is 0 Å². The smallest absolute Gasteiger partial charge is 0.191 e. The van der Waals surface area contributed by atoms with Crippen molar-refractivity contribution < 1.29 is 9.47 Å². The van der Waals surface area contributed by atoms with Crippen LogP contribution in [-0.4, -0.2) is 38.4 Å². The number of nitrogens with zero attached hydrogens (tertiary/aromatic N) is 1.